The maximum atomic E-state index is 5.34. The molecule has 0 aromatic heterocycles. The first-order valence-electron chi connectivity index (χ1n) is 5.36. The highest BCUT2D eigenvalue weighted by atomic mass is 16.5. The Morgan fingerprint density at radius 1 is 0.750 bits per heavy atom. The summed E-state index contributed by atoms with van der Waals surface area (Å²) in [6, 6.07) is 15.0. The molecule has 3 aromatic rings. The van der Waals surface area contributed by atoms with Gasteiger partial charge in [-0.3, -0.25) is 0 Å². The third kappa shape index (κ3) is 0.904. The maximum absolute atomic E-state index is 5.34. The summed E-state index contributed by atoms with van der Waals surface area (Å²) >= 11 is 0. The molecule has 0 saturated carbocycles. The Bertz CT molecular complexity index is 740. The topological polar surface area (TPSA) is 9.23 Å². The van der Waals surface area contributed by atoms with Gasteiger partial charge in [0.15, 0.2) is 6.61 Å². The third-order valence-electron chi connectivity index (χ3n) is 3.23. The van der Waals surface area contributed by atoms with E-state index in [4.69, 9.17) is 4.74 Å². The van der Waals surface area contributed by atoms with E-state index in [1.807, 2.05) is 12.9 Å². The standard InChI is InChI=1S/C15H9O/c1-2-10-4-6-12-8-16-9-13-7-5-11(3-1)14(10)15(12)13/h1-9H. The van der Waals surface area contributed by atoms with Crippen LogP contribution in [0.5, 0.6) is 0 Å². The Hall–Kier alpha value is -2.02. The van der Waals surface area contributed by atoms with E-state index in [1.54, 1.807) is 0 Å². The van der Waals surface area contributed by atoms with Gasteiger partial charge in [-0.1, -0.05) is 42.5 Å². The zero-order valence-electron chi connectivity index (χ0n) is 8.60. The van der Waals surface area contributed by atoms with Crippen molar-refractivity contribution in [2.45, 2.75) is 0 Å². The third-order valence-corrected chi connectivity index (χ3v) is 3.23. The van der Waals surface area contributed by atoms with Gasteiger partial charge in [0.25, 0.3) is 0 Å². The largest absolute Gasteiger partial charge is 0.488 e. The molecule has 1 aliphatic heterocycles. The number of hydrogen-bond acceptors (Lipinski definition) is 1. The van der Waals surface area contributed by atoms with Crippen molar-refractivity contribution in [1.29, 1.82) is 0 Å². The summed E-state index contributed by atoms with van der Waals surface area (Å²) in [5.74, 6) is 0. The first-order valence-corrected chi connectivity index (χ1v) is 5.36. The van der Waals surface area contributed by atoms with Crippen LogP contribution in [0.1, 0.15) is 5.56 Å². The number of benzene rings is 3. The minimum atomic E-state index is 1.17. The van der Waals surface area contributed by atoms with E-state index in [9.17, 15) is 0 Å². The molecule has 1 heterocycles. The average molecular weight is 205 g/mol. The van der Waals surface area contributed by atoms with E-state index in [1.165, 1.54) is 32.3 Å². The minimum absolute atomic E-state index is 1.17. The van der Waals surface area contributed by atoms with E-state index >= 15 is 0 Å². The fourth-order valence-electron chi connectivity index (χ4n) is 2.51. The van der Waals surface area contributed by atoms with Crippen LogP contribution in [-0.4, -0.2) is 0 Å². The molecule has 1 heteroatoms. The lowest BCUT2D eigenvalue weighted by Gasteiger charge is -2.14. The van der Waals surface area contributed by atoms with Crippen LogP contribution >= 0.6 is 0 Å². The normalized spacial score (nSPS) is 13.8. The summed E-state index contributed by atoms with van der Waals surface area (Å²) in [5.41, 5.74) is 1.17. The van der Waals surface area contributed by atoms with Gasteiger partial charge >= 0.3 is 0 Å². The molecule has 75 valence electrons. The number of ether oxygens (including phenoxy) is 1. The van der Waals surface area contributed by atoms with Crippen molar-refractivity contribution >= 4 is 27.8 Å². The minimum Gasteiger partial charge on any atom is -0.488 e. The van der Waals surface area contributed by atoms with Crippen molar-refractivity contribution in [2.24, 2.45) is 0 Å². The highest BCUT2D eigenvalue weighted by molar-refractivity contribution is 6.11. The van der Waals surface area contributed by atoms with Crippen LogP contribution in [0, 0.1) is 6.61 Å². The molecule has 1 aliphatic rings. The number of hydrogen-bond donors (Lipinski definition) is 0. The van der Waals surface area contributed by atoms with Gasteiger partial charge in [0.1, 0.15) is 0 Å². The summed E-state index contributed by atoms with van der Waals surface area (Å²) in [4.78, 5) is 0. The van der Waals surface area contributed by atoms with E-state index in [0.717, 1.165) is 0 Å². The van der Waals surface area contributed by atoms with Crippen molar-refractivity contribution in [1.82, 2.24) is 0 Å². The zero-order chi connectivity index (χ0) is 10.5. The maximum Gasteiger partial charge on any atom is 0.164 e. The van der Waals surface area contributed by atoms with Crippen LogP contribution in [0.25, 0.3) is 27.8 Å². The van der Waals surface area contributed by atoms with Gasteiger partial charge in [-0.25, -0.2) is 0 Å². The molecule has 16 heavy (non-hydrogen) atoms. The first kappa shape index (κ1) is 8.17. The van der Waals surface area contributed by atoms with E-state index < -0.39 is 0 Å². The Kier molecular flexibility index (Phi) is 1.41. The number of rotatable bonds is 0. The van der Waals surface area contributed by atoms with Gasteiger partial charge in [0.2, 0.25) is 0 Å². The smallest absolute Gasteiger partial charge is 0.164 e. The molecule has 0 unspecified atom stereocenters. The van der Waals surface area contributed by atoms with Crippen LogP contribution in [0.4, 0.5) is 0 Å². The molecule has 4 rings (SSSR count). The molecule has 0 amide bonds. The van der Waals surface area contributed by atoms with Gasteiger partial charge in [0.05, 0.1) is 6.26 Å². The van der Waals surface area contributed by atoms with Gasteiger partial charge in [-0.2, -0.15) is 0 Å². The highest BCUT2D eigenvalue weighted by Gasteiger charge is 2.11. The van der Waals surface area contributed by atoms with Gasteiger partial charge in [-0.15, -0.1) is 0 Å². The van der Waals surface area contributed by atoms with Crippen LogP contribution < -0.4 is 5.22 Å². The summed E-state index contributed by atoms with van der Waals surface area (Å²) in [6.07, 6.45) is 1.81. The lowest BCUT2D eigenvalue weighted by Crippen LogP contribution is -2.10. The predicted molar refractivity (Wildman–Crippen MR) is 65.6 cm³/mol. The van der Waals surface area contributed by atoms with Crippen molar-refractivity contribution in [2.75, 3.05) is 0 Å². The van der Waals surface area contributed by atoms with Crippen molar-refractivity contribution in [3.05, 3.63) is 59.9 Å². The molecule has 0 N–H and O–H groups in total. The van der Waals surface area contributed by atoms with E-state index in [2.05, 4.69) is 42.5 Å². The molecular formula is C15H9O. The summed E-state index contributed by atoms with van der Waals surface area (Å²) < 4.78 is 5.34. The van der Waals surface area contributed by atoms with Crippen molar-refractivity contribution in [3.8, 4) is 0 Å². The molecule has 1 nitrogen and oxygen atoms in total. The molecular weight excluding hydrogens is 196 g/mol. The second kappa shape index (κ2) is 2.76. The predicted octanol–water partition coefficient (Wildman–Crippen LogP) is 2.99. The van der Waals surface area contributed by atoms with Crippen LogP contribution in [-0.2, 0) is 4.74 Å². The first-order chi connectivity index (χ1) is 7.93. The second-order valence-corrected chi connectivity index (χ2v) is 4.14. The fourth-order valence-corrected chi connectivity index (χ4v) is 2.51. The highest BCUT2D eigenvalue weighted by Crippen LogP contribution is 2.29. The Labute approximate surface area is 92.9 Å². The molecule has 0 atom stereocenters. The molecule has 0 spiro atoms. The lowest BCUT2D eigenvalue weighted by molar-refractivity contribution is 0.404. The average Bonchev–Trinajstić information content (AvgIpc) is 2.36. The summed E-state index contributed by atoms with van der Waals surface area (Å²) in [5, 5.41) is 6.40. The Balaban J connectivity index is 2.45. The SMILES string of the molecule is [CH]1OC=c2ccc3cccc4ccc1c2c43. The van der Waals surface area contributed by atoms with Gasteiger partial charge in [-0.05, 0) is 16.2 Å². The Morgan fingerprint density at radius 2 is 1.56 bits per heavy atom. The van der Waals surface area contributed by atoms with Gasteiger partial charge < -0.3 is 4.74 Å². The Morgan fingerprint density at radius 3 is 2.44 bits per heavy atom. The molecule has 0 aliphatic carbocycles. The van der Waals surface area contributed by atoms with E-state index in [-0.39, 0.29) is 0 Å². The quantitative estimate of drug-likeness (QED) is 0.548. The summed E-state index contributed by atoms with van der Waals surface area (Å²) in [6.45, 7) is 1.81. The van der Waals surface area contributed by atoms with Crippen molar-refractivity contribution in [3.63, 3.8) is 0 Å². The van der Waals surface area contributed by atoms with E-state index in [0.29, 0.717) is 0 Å². The second-order valence-electron chi connectivity index (χ2n) is 4.14. The van der Waals surface area contributed by atoms with Crippen molar-refractivity contribution < 1.29 is 4.74 Å². The molecule has 3 aromatic carbocycles. The lowest BCUT2D eigenvalue weighted by atomic mass is 9.95. The van der Waals surface area contributed by atoms with Crippen LogP contribution in [0.2, 0.25) is 0 Å². The monoisotopic (exact) mass is 205 g/mol. The molecule has 0 bridgehead atoms. The van der Waals surface area contributed by atoms with Crippen LogP contribution in [0.3, 0.4) is 0 Å². The van der Waals surface area contributed by atoms with Gasteiger partial charge in [0, 0.05) is 16.2 Å². The fraction of sp³-hybridized carbons (Fsp3) is 0. The molecule has 0 saturated heterocycles. The molecule has 0 fully saturated rings. The zero-order valence-corrected chi connectivity index (χ0v) is 8.60. The van der Waals surface area contributed by atoms with Crippen LogP contribution in [0.15, 0.2) is 42.5 Å². The molecule has 1 radical (unpaired) electrons. The summed E-state index contributed by atoms with van der Waals surface area (Å²) in [7, 11) is 0.